The molecule has 3 aromatic carbocycles. The summed E-state index contributed by atoms with van der Waals surface area (Å²) in [7, 11) is 0. The normalized spacial score (nSPS) is 13.7. The first kappa shape index (κ1) is 26.3. The van der Waals surface area contributed by atoms with Gasteiger partial charge in [0, 0.05) is 36.3 Å². The molecule has 37 heavy (non-hydrogen) atoms. The van der Waals surface area contributed by atoms with Crippen LogP contribution in [0.25, 0.3) is 6.08 Å². The minimum Gasteiger partial charge on any atom is -0.490 e. The van der Waals surface area contributed by atoms with Gasteiger partial charge in [-0.15, -0.1) is 0 Å². The number of hydrogen-bond acceptors (Lipinski definition) is 5. The number of carbonyl (C=O) groups is 1. The molecule has 0 bridgehead atoms. The fourth-order valence-electron chi connectivity index (χ4n) is 4.16. The highest BCUT2D eigenvalue weighted by Crippen LogP contribution is 2.35. The second kappa shape index (κ2) is 12.5. The van der Waals surface area contributed by atoms with Gasteiger partial charge < -0.3 is 19.3 Å². The fraction of sp³-hybridized carbons (Fsp3) is 0.267. The Labute approximate surface area is 226 Å². The number of amides is 1. The number of para-hydroxylation sites is 1. The molecular formula is C30H30BrN3O3. The molecule has 1 amide bonds. The average Bonchev–Trinajstić information content (AvgIpc) is 2.93. The molecule has 1 heterocycles. The van der Waals surface area contributed by atoms with Gasteiger partial charge in [-0.1, -0.05) is 64.0 Å². The molecule has 1 fully saturated rings. The smallest absolute Gasteiger partial charge is 0.264 e. The molecule has 6 nitrogen and oxygen atoms in total. The highest BCUT2D eigenvalue weighted by Gasteiger charge is 2.24. The lowest BCUT2D eigenvalue weighted by Gasteiger charge is -2.36. The van der Waals surface area contributed by atoms with E-state index >= 15 is 0 Å². The standard InChI is InChI=1S/C30H30BrN3O3/c1-3-36-28-18-24(27(31)19-29(28)37-21-23-11-9-22(2)10-12-23)17-25(20-32)30(35)34-15-13-33(14-16-34)26-7-5-4-6-8-26/h4-12,17-19H,3,13-16,21H2,1-2H3/b25-17-. The van der Waals surface area contributed by atoms with Crippen LogP contribution in [0.2, 0.25) is 0 Å². The van der Waals surface area contributed by atoms with Crippen molar-refractivity contribution < 1.29 is 14.3 Å². The van der Waals surface area contributed by atoms with E-state index in [9.17, 15) is 10.1 Å². The zero-order valence-electron chi connectivity index (χ0n) is 21.1. The number of halogens is 1. The minimum absolute atomic E-state index is 0.0876. The van der Waals surface area contributed by atoms with Gasteiger partial charge in [-0.05, 0) is 55.3 Å². The van der Waals surface area contributed by atoms with E-state index in [-0.39, 0.29) is 11.5 Å². The van der Waals surface area contributed by atoms with Crippen molar-refractivity contribution in [1.29, 1.82) is 5.26 Å². The van der Waals surface area contributed by atoms with Gasteiger partial charge in [0.25, 0.3) is 5.91 Å². The average molecular weight is 560 g/mol. The second-order valence-electron chi connectivity index (χ2n) is 8.81. The molecule has 1 saturated heterocycles. The molecule has 3 aromatic rings. The maximum Gasteiger partial charge on any atom is 0.264 e. The summed E-state index contributed by atoms with van der Waals surface area (Å²) in [5.74, 6) is 0.887. The van der Waals surface area contributed by atoms with Crippen LogP contribution in [-0.2, 0) is 11.4 Å². The minimum atomic E-state index is -0.264. The van der Waals surface area contributed by atoms with E-state index in [0.29, 0.717) is 47.8 Å². The van der Waals surface area contributed by atoms with Gasteiger partial charge in [0.15, 0.2) is 11.5 Å². The Hall–Kier alpha value is -3.76. The van der Waals surface area contributed by atoms with Gasteiger partial charge in [-0.3, -0.25) is 4.79 Å². The molecule has 0 aromatic heterocycles. The maximum atomic E-state index is 13.2. The van der Waals surface area contributed by atoms with Gasteiger partial charge in [-0.2, -0.15) is 5.26 Å². The van der Waals surface area contributed by atoms with Crippen LogP contribution in [0, 0.1) is 18.3 Å². The molecule has 0 radical (unpaired) electrons. The van der Waals surface area contributed by atoms with E-state index in [0.717, 1.165) is 24.3 Å². The quantitative estimate of drug-likeness (QED) is 0.250. The van der Waals surface area contributed by atoms with Crippen LogP contribution in [-0.4, -0.2) is 43.6 Å². The summed E-state index contributed by atoms with van der Waals surface area (Å²) >= 11 is 3.58. The first-order valence-electron chi connectivity index (χ1n) is 12.3. The second-order valence-corrected chi connectivity index (χ2v) is 9.67. The Morgan fingerprint density at radius 1 is 1.00 bits per heavy atom. The highest BCUT2D eigenvalue weighted by atomic mass is 79.9. The molecule has 0 unspecified atom stereocenters. The number of rotatable bonds is 8. The van der Waals surface area contributed by atoms with Crippen molar-refractivity contribution >= 4 is 33.6 Å². The number of aryl methyl sites for hydroxylation is 1. The lowest BCUT2D eigenvalue weighted by molar-refractivity contribution is -0.126. The maximum absolute atomic E-state index is 13.2. The van der Waals surface area contributed by atoms with Crippen LogP contribution in [0.15, 0.2) is 76.8 Å². The third-order valence-corrected chi connectivity index (χ3v) is 6.90. The topological polar surface area (TPSA) is 65.8 Å². The van der Waals surface area contributed by atoms with Crippen LogP contribution in [0.1, 0.15) is 23.6 Å². The fourth-order valence-corrected chi connectivity index (χ4v) is 4.60. The summed E-state index contributed by atoms with van der Waals surface area (Å²) in [6, 6.07) is 24.0. The van der Waals surface area contributed by atoms with Crippen LogP contribution < -0.4 is 14.4 Å². The Morgan fingerprint density at radius 2 is 1.68 bits per heavy atom. The van der Waals surface area contributed by atoms with E-state index in [2.05, 4.69) is 39.0 Å². The summed E-state index contributed by atoms with van der Waals surface area (Å²) < 4.78 is 12.6. The third-order valence-electron chi connectivity index (χ3n) is 6.22. The summed E-state index contributed by atoms with van der Waals surface area (Å²) in [6.45, 7) is 7.38. The molecule has 1 aliphatic rings. The van der Waals surface area contributed by atoms with Crippen molar-refractivity contribution in [3.63, 3.8) is 0 Å². The van der Waals surface area contributed by atoms with Gasteiger partial charge in [0.1, 0.15) is 18.2 Å². The largest absolute Gasteiger partial charge is 0.490 e. The van der Waals surface area contributed by atoms with Crippen LogP contribution >= 0.6 is 15.9 Å². The number of carbonyl (C=O) groups excluding carboxylic acids is 1. The Balaban J connectivity index is 1.48. The third kappa shape index (κ3) is 6.72. The molecule has 0 N–H and O–H groups in total. The lowest BCUT2D eigenvalue weighted by Crippen LogP contribution is -2.49. The number of hydrogen-bond donors (Lipinski definition) is 0. The number of nitrogens with zero attached hydrogens (tertiary/aromatic N) is 3. The van der Waals surface area contributed by atoms with E-state index in [1.165, 1.54) is 5.56 Å². The van der Waals surface area contributed by atoms with Crippen molar-refractivity contribution in [2.75, 3.05) is 37.7 Å². The van der Waals surface area contributed by atoms with Crippen molar-refractivity contribution in [3.05, 3.63) is 93.5 Å². The van der Waals surface area contributed by atoms with Crippen molar-refractivity contribution in [3.8, 4) is 17.6 Å². The first-order chi connectivity index (χ1) is 18.0. The lowest BCUT2D eigenvalue weighted by atomic mass is 10.1. The monoisotopic (exact) mass is 559 g/mol. The van der Waals surface area contributed by atoms with Gasteiger partial charge in [0.2, 0.25) is 0 Å². The van der Waals surface area contributed by atoms with E-state index in [4.69, 9.17) is 9.47 Å². The SMILES string of the molecule is CCOc1cc(/C=C(/C#N)C(=O)N2CCN(c3ccccc3)CC2)c(Br)cc1OCc1ccc(C)cc1. The molecule has 0 saturated carbocycles. The number of nitriles is 1. The summed E-state index contributed by atoms with van der Waals surface area (Å²) in [4.78, 5) is 17.2. The zero-order chi connectivity index (χ0) is 26.2. The predicted octanol–water partition coefficient (Wildman–Crippen LogP) is 5.99. The Morgan fingerprint density at radius 3 is 2.32 bits per heavy atom. The van der Waals surface area contributed by atoms with Gasteiger partial charge >= 0.3 is 0 Å². The van der Waals surface area contributed by atoms with Crippen molar-refractivity contribution in [2.24, 2.45) is 0 Å². The molecule has 4 rings (SSSR count). The van der Waals surface area contributed by atoms with Crippen LogP contribution in [0.3, 0.4) is 0 Å². The highest BCUT2D eigenvalue weighted by molar-refractivity contribution is 9.10. The molecule has 0 atom stereocenters. The Bertz CT molecular complexity index is 1290. The van der Waals surface area contributed by atoms with E-state index in [1.54, 1.807) is 17.0 Å². The van der Waals surface area contributed by atoms with Crippen molar-refractivity contribution in [2.45, 2.75) is 20.5 Å². The van der Waals surface area contributed by atoms with Crippen LogP contribution in [0.4, 0.5) is 5.69 Å². The zero-order valence-corrected chi connectivity index (χ0v) is 22.7. The summed E-state index contributed by atoms with van der Waals surface area (Å²) in [5, 5.41) is 9.82. The summed E-state index contributed by atoms with van der Waals surface area (Å²) in [5.41, 5.74) is 4.16. The van der Waals surface area contributed by atoms with Gasteiger partial charge in [-0.25, -0.2) is 0 Å². The Kier molecular flexibility index (Phi) is 8.86. The van der Waals surface area contributed by atoms with Gasteiger partial charge in [0.05, 0.1) is 6.61 Å². The predicted molar refractivity (Wildman–Crippen MR) is 150 cm³/mol. The number of ether oxygens (including phenoxy) is 2. The molecule has 0 spiro atoms. The molecule has 0 aliphatic carbocycles. The summed E-state index contributed by atoms with van der Waals surface area (Å²) in [6.07, 6.45) is 1.61. The first-order valence-corrected chi connectivity index (χ1v) is 13.1. The number of anilines is 1. The van der Waals surface area contributed by atoms with E-state index in [1.807, 2.05) is 62.4 Å². The molecule has 7 heteroatoms. The molecular weight excluding hydrogens is 530 g/mol. The molecule has 1 aliphatic heterocycles. The van der Waals surface area contributed by atoms with Crippen LogP contribution in [0.5, 0.6) is 11.5 Å². The van der Waals surface area contributed by atoms with E-state index < -0.39 is 0 Å². The molecule has 190 valence electrons. The number of piperazine rings is 1. The van der Waals surface area contributed by atoms with Crippen molar-refractivity contribution in [1.82, 2.24) is 4.90 Å². The number of benzene rings is 3.